The number of hydrogen-bond donors (Lipinski definition) is 1. The Morgan fingerprint density at radius 3 is 2.65 bits per heavy atom. The lowest BCUT2D eigenvalue weighted by Crippen LogP contribution is -2.42. The van der Waals surface area contributed by atoms with E-state index in [9.17, 15) is 13.2 Å². The highest BCUT2D eigenvalue weighted by Gasteiger charge is 2.62. The van der Waals surface area contributed by atoms with E-state index in [2.05, 4.69) is 26.2 Å². The Labute approximate surface area is 160 Å². The second kappa shape index (κ2) is 6.92. The van der Waals surface area contributed by atoms with Crippen molar-refractivity contribution < 1.29 is 23.2 Å². The Morgan fingerprint density at radius 2 is 2.04 bits per heavy atom. The smallest absolute Gasteiger partial charge is 0.411 e. The lowest BCUT2D eigenvalue weighted by molar-refractivity contribution is -0.275. The summed E-state index contributed by atoms with van der Waals surface area (Å²) in [4.78, 5) is 4.95. The molecular weight excluding hydrogens is 437 g/mol. The average Bonchev–Trinajstić information content (AvgIpc) is 3.03. The molecule has 136 valence electrons. The third-order valence-corrected chi connectivity index (χ3v) is 4.93. The van der Waals surface area contributed by atoms with E-state index in [1.807, 2.05) is 0 Å². The number of oxime groups is 2. The molecule has 1 unspecified atom stereocenters. The lowest BCUT2D eigenvalue weighted by atomic mass is 9.86. The van der Waals surface area contributed by atoms with Crippen LogP contribution in [0.1, 0.15) is 23.1 Å². The summed E-state index contributed by atoms with van der Waals surface area (Å²) < 4.78 is 42.2. The number of alkyl halides is 3. The molecule has 1 aliphatic heterocycles. The first-order chi connectivity index (χ1) is 12.3. The summed E-state index contributed by atoms with van der Waals surface area (Å²) in [6.45, 7) is 0. The van der Waals surface area contributed by atoms with Crippen molar-refractivity contribution in [3.05, 3.63) is 68.7 Å². The first kappa shape index (κ1) is 18.7. The highest BCUT2D eigenvalue weighted by atomic mass is 79.9. The van der Waals surface area contributed by atoms with Gasteiger partial charge in [0.25, 0.3) is 5.60 Å². The van der Waals surface area contributed by atoms with Crippen LogP contribution in [0.25, 0.3) is 0 Å². The predicted molar refractivity (Wildman–Crippen MR) is 94.9 cm³/mol. The van der Waals surface area contributed by atoms with Gasteiger partial charge in [-0.25, -0.2) is 0 Å². The second-order valence-corrected chi connectivity index (χ2v) is 6.91. The van der Waals surface area contributed by atoms with Crippen LogP contribution in [0.2, 0.25) is 5.02 Å². The van der Waals surface area contributed by atoms with Crippen molar-refractivity contribution in [2.24, 2.45) is 10.3 Å². The van der Waals surface area contributed by atoms with Crippen molar-refractivity contribution in [2.75, 3.05) is 0 Å². The third-order valence-electron chi connectivity index (χ3n) is 4.01. The molecule has 0 aromatic heterocycles. The molecule has 3 rings (SSSR count). The van der Waals surface area contributed by atoms with Crippen LogP contribution in [0.5, 0.6) is 0 Å². The fourth-order valence-corrected chi connectivity index (χ4v) is 3.34. The molecule has 0 fully saturated rings. The molecule has 0 saturated heterocycles. The van der Waals surface area contributed by atoms with Gasteiger partial charge in [0.15, 0.2) is 0 Å². The van der Waals surface area contributed by atoms with Gasteiger partial charge in [-0.05, 0) is 18.2 Å². The SMILES string of the molecule is O/N=C/c1ccc(C2=NOC(c3cccc(Cl)c3)(C(F)(F)F)C2)cc1Br. The normalized spacial score (nSPS) is 20.3. The summed E-state index contributed by atoms with van der Waals surface area (Å²) >= 11 is 9.14. The third kappa shape index (κ3) is 3.31. The maximum atomic E-state index is 13.9. The molecule has 4 nitrogen and oxygen atoms in total. The maximum absolute atomic E-state index is 13.9. The van der Waals surface area contributed by atoms with Gasteiger partial charge >= 0.3 is 6.18 Å². The molecule has 0 aliphatic carbocycles. The van der Waals surface area contributed by atoms with Crippen molar-refractivity contribution in [3.63, 3.8) is 0 Å². The van der Waals surface area contributed by atoms with Crippen molar-refractivity contribution in [1.29, 1.82) is 0 Å². The molecular formula is C17H11BrClF3N2O2. The molecule has 1 heterocycles. The minimum Gasteiger partial charge on any atom is -0.411 e. The van der Waals surface area contributed by atoms with Crippen molar-refractivity contribution in [2.45, 2.75) is 18.2 Å². The summed E-state index contributed by atoms with van der Waals surface area (Å²) in [5, 5.41) is 15.4. The van der Waals surface area contributed by atoms with Crippen LogP contribution in [0, 0.1) is 0 Å². The fraction of sp³-hybridized carbons (Fsp3) is 0.176. The molecule has 0 radical (unpaired) electrons. The van der Waals surface area contributed by atoms with Gasteiger partial charge in [-0.1, -0.05) is 62.1 Å². The van der Waals surface area contributed by atoms with Crippen LogP contribution in [0.3, 0.4) is 0 Å². The van der Waals surface area contributed by atoms with Gasteiger partial charge in [-0.2, -0.15) is 13.2 Å². The van der Waals surface area contributed by atoms with Gasteiger partial charge in [0.05, 0.1) is 11.9 Å². The fourth-order valence-electron chi connectivity index (χ4n) is 2.67. The Bertz CT molecular complexity index is 902. The number of nitrogens with zero attached hydrogens (tertiary/aromatic N) is 2. The van der Waals surface area contributed by atoms with E-state index < -0.39 is 18.2 Å². The van der Waals surface area contributed by atoms with Gasteiger partial charge in [-0.3, -0.25) is 0 Å². The first-order valence-corrected chi connectivity index (χ1v) is 8.49. The van der Waals surface area contributed by atoms with E-state index in [-0.39, 0.29) is 16.3 Å². The zero-order valence-electron chi connectivity index (χ0n) is 13.0. The second-order valence-electron chi connectivity index (χ2n) is 5.62. The number of rotatable bonds is 3. The molecule has 0 amide bonds. The standard InChI is InChI=1S/C17H11BrClF3N2O2/c18-14-6-10(4-5-11(14)9-23-25)15-8-16(26-24-15,17(20,21)22)12-2-1-3-13(19)7-12/h1-7,9,25H,8H2/b23-9+. The quantitative estimate of drug-likeness (QED) is 0.384. The van der Waals surface area contributed by atoms with Crippen LogP contribution in [0.4, 0.5) is 13.2 Å². The molecule has 9 heteroatoms. The Balaban J connectivity index is 1.98. The first-order valence-electron chi connectivity index (χ1n) is 7.32. The largest absolute Gasteiger partial charge is 0.435 e. The van der Waals surface area contributed by atoms with Crippen LogP contribution >= 0.6 is 27.5 Å². The predicted octanol–water partition coefficient (Wildman–Crippen LogP) is 5.49. The van der Waals surface area contributed by atoms with Crippen LogP contribution in [-0.4, -0.2) is 23.3 Å². The van der Waals surface area contributed by atoms with Gasteiger partial charge < -0.3 is 10.0 Å². The van der Waals surface area contributed by atoms with Gasteiger partial charge in [0.2, 0.25) is 0 Å². The minimum absolute atomic E-state index is 0.112. The van der Waals surface area contributed by atoms with Gasteiger partial charge in [0, 0.05) is 32.6 Å². The van der Waals surface area contributed by atoms with E-state index >= 15 is 0 Å². The number of benzene rings is 2. The zero-order valence-corrected chi connectivity index (χ0v) is 15.3. The van der Waals surface area contributed by atoms with E-state index in [1.54, 1.807) is 18.2 Å². The van der Waals surface area contributed by atoms with Crippen LogP contribution in [-0.2, 0) is 10.4 Å². The minimum atomic E-state index is -4.69. The van der Waals surface area contributed by atoms with Gasteiger partial charge in [0.1, 0.15) is 0 Å². The molecule has 0 saturated carbocycles. The summed E-state index contributed by atoms with van der Waals surface area (Å²) in [7, 11) is 0. The Morgan fingerprint density at radius 1 is 1.27 bits per heavy atom. The summed E-state index contributed by atoms with van der Waals surface area (Å²) in [5.74, 6) is 0. The lowest BCUT2D eigenvalue weighted by Gasteiger charge is -2.29. The Kier molecular flexibility index (Phi) is 4.98. The summed E-state index contributed by atoms with van der Waals surface area (Å²) in [6.07, 6.45) is -3.98. The van der Waals surface area contributed by atoms with E-state index in [0.29, 0.717) is 15.6 Å². The molecule has 26 heavy (non-hydrogen) atoms. The molecule has 1 N–H and O–H groups in total. The molecule has 0 spiro atoms. The van der Waals surface area contributed by atoms with Crippen LogP contribution in [0.15, 0.2) is 57.2 Å². The van der Waals surface area contributed by atoms with Gasteiger partial charge in [-0.15, -0.1) is 0 Å². The Hall–Kier alpha value is -2.06. The van der Waals surface area contributed by atoms with Crippen LogP contribution < -0.4 is 0 Å². The topological polar surface area (TPSA) is 54.2 Å². The van der Waals surface area contributed by atoms with E-state index in [4.69, 9.17) is 21.6 Å². The highest BCUT2D eigenvalue weighted by Crippen LogP contribution is 2.49. The van der Waals surface area contributed by atoms with E-state index in [0.717, 1.165) is 0 Å². The molecule has 2 aromatic rings. The van der Waals surface area contributed by atoms with E-state index in [1.165, 1.54) is 30.5 Å². The maximum Gasteiger partial charge on any atom is 0.435 e. The molecule has 0 bridgehead atoms. The molecule has 1 aliphatic rings. The highest BCUT2D eigenvalue weighted by molar-refractivity contribution is 9.10. The number of halogens is 5. The average molecular weight is 448 g/mol. The van der Waals surface area contributed by atoms with Crippen molar-refractivity contribution in [3.8, 4) is 0 Å². The summed E-state index contributed by atoms with van der Waals surface area (Å²) in [5.41, 5.74) is -1.53. The number of hydrogen-bond acceptors (Lipinski definition) is 4. The monoisotopic (exact) mass is 446 g/mol. The van der Waals surface area contributed by atoms with Crippen molar-refractivity contribution >= 4 is 39.5 Å². The van der Waals surface area contributed by atoms with Crippen molar-refractivity contribution in [1.82, 2.24) is 0 Å². The summed E-state index contributed by atoms with van der Waals surface area (Å²) in [6, 6.07) is 10.2. The molecule has 1 atom stereocenters. The molecule has 2 aromatic carbocycles. The zero-order chi connectivity index (χ0) is 18.9.